The Labute approximate surface area is 203 Å². The van der Waals surface area contributed by atoms with Crippen LogP contribution in [0.5, 0.6) is 0 Å². The second-order valence-electron chi connectivity index (χ2n) is 9.30. The Morgan fingerprint density at radius 3 is 2.51 bits per heavy atom. The minimum absolute atomic E-state index is 0.0971. The molecule has 1 aliphatic carbocycles. The highest BCUT2D eigenvalue weighted by atomic mass is 16.2. The Morgan fingerprint density at radius 2 is 1.71 bits per heavy atom. The summed E-state index contributed by atoms with van der Waals surface area (Å²) in [5.41, 5.74) is 4.31. The van der Waals surface area contributed by atoms with Gasteiger partial charge in [0.15, 0.2) is 0 Å². The van der Waals surface area contributed by atoms with Gasteiger partial charge in [0.25, 0.3) is 5.91 Å². The fraction of sp³-hybridized carbons (Fsp3) is 0.333. The summed E-state index contributed by atoms with van der Waals surface area (Å²) in [5.74, 6) is -1.67. The first-order valence-electron chi connectivity index (χ1n) is 12.1. The molecule has 5 rings (SSSR count). The lowest BCUT2D eigenvalue weighted by Gasteiger charge is -2.38. The number of hydrogen-bond donors (Lipinski definition) is 2. The SMILES string of the molecule is O=C(Nc1ccccc1)C1CCCN(C(=O)c2cccc(N3NC(=O)C4CC=CCC4C3=O)c2)C1. The number of likely N-dealkylation sites (tertiary alicyclic amines) is 1. The highest BCUT2D eigenvalue weighted by Crippen LogP contribution is 2.32. The molecule has 0 radical (unpaired) electrons. The Balaban J connectivity index is 1.29. The van der Waals surface area contributed by atoms with E-state index >= 15 is 0 Å². The first-order chi connectivity index (χ1) is 17.0. The molecule has 4 amide bonds. The molecule has 0 spiro atoms. The number of piperidine rings is 1. The molecule has 180 valence electrons. The molecule has 0 aromatic heterocycles. The number of anilines is 2. The number of carbonyl (C=O) groups is 4. The number of para-hydroxylation sites is 1. The Morgan fingerprint density at radius 1 is 0.943 bits per heavy atom. The molecule has 2 heterocycles. The van der Waals surface area contributed by atoms with Gasteiger partial charge in [-0.2, -0.15) is 0 Å². The summed E-state index contributed by atoms with van der Waals surface area (Å²) in [7, 11) is 0. The second-order valence-corrected chi connectivity index (χ2v) is 9.30. The zero-order valence-electron chi connectivity index (χ0n) is 19.4. The van der Waals surface area contributed by atoms with E-state index in [0.29, 0.717) is 43.6 Å². The molecular weight excluding hydrogens is 444 g/mol. The quantitative estimate of drug-likeness (QED) is 0.668. The van der Waals surface area contributed by atoms with E-state index in [-0.39, 0.29) is 41.4 Å². The molecule has 0 bridgehead atoms. The van der Waals surface area contributed by atoms with E-state index in [1.807, 2.05) is 42.5 Å². The summed E-state index contributed by atoms with van der Waals surface area (Å²) < 4.78 is 0. The summed E-state index contributed by atoms with van der Waals surface area (Å²) in [5, 5.41) is 4.20. The monoisotopic (exact) mass is 472 g/mol. The van der Waals surface area contributed by atoms with Crippen LogP contribution in [0.2, 0.25) is 0 Å². The van der Waals surface area contributed by atoms with E-state index in [2.05, 4.69) is 10.7 Å². The van der Waals surface area contributed by atoms with Crippen LogP contribution in [0.4, 0.5) is 11.4 Å². The molecule has 2 N–H and O–H groups in total. The molecule has 0 saturated carbocycles. The second kappa shape index (κ2) is 9.74. The fourth-order valence-electron chi connectivity index (χ4n) is 5.08. The summed E-state index contributed by atoms with van der Waals surface area (Å²) in [6.45, 7) is 0.894. The topological polar surface area (TPSA) is 98.8 Å². The molecular formula is C27H28N4O4. The largest absolute Gasteiger partial charge is 0.338 e. The van der Waals surface area contributed by atoms with Crippen LogP contribution >= 0.6 is 0 Å². The van der Waals surface area contributed by atoms with Crippen molar-refractivity contribution in [2.45, 2.75) is 25.7 Å². The van der Waals surface area contributed by atoms with Crippen LogP contribution in [0, 0.1) is 17.8 Å². The van der Waals surface area contributed by atoms with Gasteiger partial charge in [0.1, 0.15) is 0 Å². The summed E-state index contributed by atoms with van der Waals surface area (Å²) in [6.07, 6.45) is 6.42. The zero-order chi connectivity index (χ0) is 24.4. The third-order valence-electron chi connectivity index (χ3n) is 7.00. The van der Waals surface area contributed by atoms with Gasteiger partial charge in [-0.3, -0.25) is 24.6 Å². The number of amides is 4. The number of hydrazine groups is 1. The van der Waals surface area contributed by atoms with Crippen molar-refractivity contribution in [1.82, 2.24) is 10.3 Å². The number of hydrogen-bond acceptors (Lipinski definition) is 4. The van der Waals surface area contributed by atoms with Crippen molar-refractivity contribution in [2.75, 3.05) is 23.4 Å². The third kappa shape index (κ3) is 4.69. The molecule has 2 fully saturated rings. The van der Waals surface area contributed by atoms with Crippen molar-refractivity contribution in [3.63, 3.8) is 0 Å². The number of rotatable bonds is 4. The standard InChI is InChI=1S/C27H28N4O4/c32-24(28-20-10-2-1-3-11-20)19-9-7-15-30(17-19)26(34)18-8-6-12-21(16-18)31-27(35)23-14-5-4-13-22(23)25(33)29-31/h1-6,8,10-12,16,19,22-23H,7,9,13-15,17H2,(H,28,32)(H,29,33). The lowest BCUT2D eigenvalue weighted by Crippen LogP contribution is -2.59. The maximum absolute atomic E-state index is 13.3. The van der Waals surface area contributed by atoms with E-state index in [1.54, 1.807) is 29.2 Å². The molecule has 3 atom stereocenters. The number of nitrogens with one attached hydrogen (secondary N) is 2. The van der Waals surface area contributed by atoms with Crippen LogP contribution in [-0.4, -0.2) is 41.6 Å². The van der Waals surface area contributed by atoms with E-state index < -0.39 is 0 Å². The Hall–Kier alpha value is -3.94. The van der Waals surface area contributed by atoms with Crippen LogP contribution in [0.15, 0.2) is 66.7 Å². The minimum atomic E-state index is -0.390. The first-order valence-corrected chi connectivity index (χ1v) is 12.1. The van der Waals surface area contributed by atoms with Gasteiger partial charge >= 0.3 is 0 Å². The molecule has 2 saturated heterocycles. The van der Waals surface area contributed by atoms with Gasteiger partial charge < -0.3 is 10.2 Å². The summed E-state index contributed by atoms with van der Waals surface area (Å²) in [6, 6.07) is 16.0. The van der Waals surface area contributed by atoms with Crippen molar-refractivity contribution in [1.29, 1.82) is 0 Å². The predicted octanol–water partition coefficient (Wildman–Crippen LogP) is 3.14. The number of carbonyl (C=O) groups excluding carboxylic acids is 4. The van der Waals surface area contributed by atoms with Crippen LogP contribution < -0.4 is 15.8 Å². The molecule has 35 heavy (non-hydrogen) atoms. The number of allylic oxidation sites excluding steroid dienone is 2. The van der Waals surface area contributed by atoms with E-state index in [9.17, 15) is 19.2 Å². The fourth-order valence-corrected chi connectivity index (χ4v) is 5.08. The molecule has 3 unspecified atom stereocenters. The van der Waals surface area contributed by atoms with Gasteiger partial charge in [0, 0.05) is 24.3 Å². The van der Waals surface area contributed by atoms with Gasteiger partial charge in [-0.15, -0.1) is 0 Å². The van der Waals surface area contributed by atoms with Crippen molar-refractivity contribution in [2.24, 2.45) is 17.8 Å². The smallest absolute Gasteiger partial charge is 0.253 e. The van der Waals surface area contributed by atoms with Gasteiger partial charge in [-0.1, -0.05) is 36.4 Å². The predicted molar refractivity (Wildman–Crippen MR) is 131 cm³/mol. The zero-order valence-corrected chi connectivity index (χ0v) is 19.4. The number of fused-ring (bicyclic) bond motifs is 1. The lowest BCUT2D eigenvalue weighted by molar-refractivity contribution is -0.139. The highest BCUT2D eigenvalue weighted by molar-refractivity contribution is 6.05. The van der Waals surface area contributed by atoms with E-state index in [4.69, 9.17) is 0 Å². The number of benzene rings is 2. The van der Waals surface area contributed by atoms with Crippen LogP contribution in [-0.2, 0) is 14.4 Å². The van der Waals surface area contributed by atoms with Crippen molar-refractivity contribution in [3.05, 3.63) is 72.3 Å². The molecule has 8 nitrogen and oxygen atoms in total. The number of nitrogens with zero attached hydrogens (tertiary/aromatic N) is 2. The molecule has 3 aliphatic rings. The average Bonchev–Trinajstić information content (AvgIpc) is 2.91. The summed E-state index contributed by atoms with van der Waals surface area (Å²) >= 11 is 0. The maximum Gasteiger partial charge on any atom is 0.253 e. The van der Waals surface area contributed by atoms with Crippen molar-refractivity contribution >= 4 is 35.0 Å². The van der Waals surface area contributed by atoms with Gasteiger partial charge in [-0.25, -0.2) is 5.01 Å². The van der Waals surface area contributed by atoms with Crippen molar-refractivity contribution in [3.8, 4) is 0 Å². The third-order valence-corrected chi connectivity index (χ3v) is 7.00. The normalized spacial score (nSPS) is 23.9. The van der Waals surface area contributed by atoms with Crippen LogP contribution in [0.1, 0.15) is 36.0 Å². The Bertz CT molecular complexity index is 1180. The van der Waals surface area contributed by atoms with Gasteiger partial charge in [-0.05, 0) is 56.0 Å². The van der Waals surface area contributed by atoms with Crippen LogP contribution in [0.3, 0.4) is 0 Å². The van der Waals surface area contributed by atoms with E-state index in [0.717, 1.165) is 12.1 Å². The van der Waals surface area contributed by atoms with Gasteiger partial charge in [0.05, 0.1) is 23.4 Å². The minimum Gasteiger partial charge on any atom is -0.338 e. The first kappa shape index (κ1) is 22.8. The molecule has 2 aromatic carbocycles. The molecule has 2 aliphatic heterocycles. The average molecular weight is 473 g/mol. The maximum atomic E-state index is 13.3. The van der Waals surface area contributed by atoms with E-state index in [1.165, 1.54) is 5.01 Å². The van der Waals surface area contributed by atoms with Crippen LogP contribution in [0.25, 0.3) is 0 Å². The van der Waals surface area contributed by atoms with Crippen molar-refractivity contribution < 1.29 is 19.2 Å². The highest BCUT2D eigenvalue weighted by Gasteiger charge is 2.42. The lowest BCUT2D eigenvalue weighted by atomic mass is 9.80. The molecule has 8 heteroatoms. The van der Waals surface area contributed by atoms with Gasteiger partial charge in [0.2, 0.25) is 17.7 Å². The summed E-state index contributed by atoms with van der Waals surface area (Å²) in [4.78, 5) is 53.5. The molecule has 2 aromatic rings. The Kier molecular flexibility index (Phi) is 6.35.